The number of aryl methyl sites for hydroxylation is 1. The highest BCUT2D eigenvalue weighted by Crippen LogP contribution is 2.30. The van der Waals surface area contributed by atoms with Crippen LogP contribution in [0.4, 0.5) is 0 Å². The second-order valence-corrected chi connectivity index (χ2v) is 4.24. The van der Waals surface area contributed by atoms with Crippen molar-refractivity contribution in [3.05, 3.63) is 16.7 Å². The fraction of sp³-hybridized carbons (Fsp3) is 0.727. The van der Waals surface area contributed by atoms with Crippen molar-refractivity contribution in [1.29, 1.82) is 0 Å². The first kappa shape index (κ1) is 11.5. The molecule has 0 amide bonds. The van der Waals surface area contributed by atoms with E-state index in [4.69, 9.17) is 12.2 Å². The molecule has 1 rings (SSSR count). The Kier molecular flexibility index (Phi) is 3.53. The van der Waals surface area contributed by atoms with Crippen molar-refractivity contribution in [2.75, 3.05) is 0 Å². The number of aromatic nitrogens is 2. The summed E-state index contributed by atoms with van der Waals surface area (Å²) in [5.41, 5.74) is 1.45. The smallest absolute Gasteiger partial charge is 0.177 e. The predicted molar refractivity (Wildman–Crippen MR) is 63.2 cm³/mol. The van der Waals surface area contributed by atoms with E-state index in [-0.39, 0.29) is 5.54 Å². The van der Waals surface area contributed by atoms with E-state index in [2.05, 4.69) is 37.2 Å². The molecule has 2 nitrogen and oxygen atoms in total. The van der Waals surface area contributed by atoms with E-state index in [1.807, 2.05) is 6.20 Å². The minimum absolute atomic E-state index is 0.209. The van der Waals surface area contributed by atoms with Gasteiger partial charge in [-0.3, -0.25) is 0 Å². The van der Waals surface area contributed by atoms with Gasteiger partial charge in [-0.25, -0.2) is 0 Å². The van der Waals surface area contributed by atoms with Crippen LogP contribution >= 0.6 is 12.2 Å². The van der Waals surface area contributed by atoms with Gasteiger partial charge < -0.3 is 9.55 Å². The summed E-state index contributed by atoms with van der Waals surface area (Å²) in [5.74, 6) is 0. The molecule has 0 aliphatic carbocycles. The molecule has 1 N–H and O–H groups in total. The monoisotopic (exact) mass is 212 g/mol. The van der Waals surface area contributed by atoms with Crippen molar-refractivity contribution < 1.29 is 0 Å². The second kappa shape index (κ2) is 4.30. The molecular formula is C11H20N2S. The molecular weight excluding hydrogens is 192 g/mol. The number of H-pyrrole nitrogens is 1. The van der Waals surface area contributed by atoms with Crippen LogP contribution in [0.1, 0.15) is 45.7 Å². The predicted octanol–water partition coefficient (Wildman–Crippen LogP) is 3.78. The average Bonchev–Trinajstić information content (AvgIpc) is 2.53. The van der Waals surface area contributed by atoms with Crippen molar-refractivity contribution in [2.45, 2.75) is 52.5 Å². The van der Waals surface area contributed by atoms with Crippen molar-refractivity contribution >= 4 is 12.2 Å². The summed E-state index contributed by atoms with van der Waals surface area (Å²) in [5, 5.41) is 0. The van der Waals surface area contributed by atoms with Gasteiger partial charge in [-0.1, -0.05) is 20.8 Å². The zero-order chi connectivity index (χ0) is 10.8. The summed E-state index contributed by atoms with van der Waals surface area (Å²) >= 11 is 5.33. The van der Waals surface area contributed by atoms with Gasteiger partial charge in [-0.15, -0.1) is 0 Å². The molecule has 3 heteroatoms. The highest BCUT2D eigenvalue weighted by atomic mass is 32.1. The fourth-order valence-corrected chi connectivity index (χ4v) is 2.67. The summed E-state index contributed by atoms with van der Waals surface area (Å²) in [6.45, 7) is 8.83. The normalized spacial score (nSPS) is 12.0. The van der Waals surface area contributed by atoms with Crippen LogP contribution in [0.5, 0.6) is 0 Å². The molecule has 0 atom stereocenters. The first-order chi connectivity index (χ1) is 6.61. The van der Waals surface area contributed by atoms with Crippen LogP contribution in [-0.2, 0) is 5.54 Å². The van der Waals surface area contributed by atoms with Crippen molar-refractivity contribution in [3.63, 3.8) is 0 Å². The van der Waals surface area contributed by atoms with Crippen LogP contribution in [0.15, 0.2) is 6.20 Å². The largest absolute Gasteiger partial charge is 0.337 e. The zero-order valence-electron chi connectivity index (χ0n) is 9.55. The van der Waals surface area contributed by atoms with Crippen LogP contribution in [0, 0.1) is 11.7 Å². The van der Waals surface area contributed by atoms with Crippen LogP contribution in [0.3, 0.4) is 0 Å². The quantitative estimate of drug-likeness (QED) is 0.753. The second-order valence-electron chi connectivity index (χ2n) is 3.86. The van der Waals surface area contributed by atoms with Gasteiger partial charge in [0.05, 0.1) is 0 Å². The van der Waals surface area contributed by atoms with E-state index < -0.39 is 0 Å². The molecule has 80 valence electrons. The van der Waals surface area contributed by atoms with E-state index in [1.165, 1.54) is 5.69 Å². The van der Waals surface area contributed by atoms with Gasteiger partial charge in [0.2, 0.25) is 0 Å². The highest BCUT2D eigenvalue weighted by Gasteiger charge is 2.27. The maximum Gasteiger partial charge on any atom is 0.177 e. The molecule has 0 saturated heterocycles. The third kappa shape index (κ3) is 1.65. The minimum Gasteiger partial charge on any atom is -0.337 e. The molecule has 0 aliphatic rings. The van der Waals surface area contributed by atoms with Crippen molar-refractivity contribution in [2.24, 2.45) is 0 Å². The van der Waals surface area contributed by atoms with Crippen LogP contribution in [0.2, 0.25) is 0 Å². The lowest BCUT2D eigenvalue weighted by Gasteiger charge is -2.33. The Bertz CT molecular complexity index is 336. The number of hydrogen-bond acceptors (Lipinski definition) is 1. The molecule has 0 aliphatic heterocycles. The molecule has 0 unspecified atom stereocenters. The Morgan fingerprint density at radius 1 is 1.29 bits per heavy atom. The maximum atomic E-state index is 5.33. The first-order valence-corrected chi connectivity index (χ1v) is 5.79. The van der Waals surface area contributed by atoms with Gasteiger partial charge in [-0.2, -0.15) is 0 Å². The van der Waals surface area contributed by atoms with E-state index in [1.54, 1.807) is 0 Å². The van der Waals surface area contributed by atoms with Gasteiger partial charge in [0.15, 0.2) is 4.77 Å². The van der Waals surface area contributed by atoms with Gasteiger partial charge in [-0.05, 0) is 38.4 Å². The molecule has 0 spiro atoms. The summed E-state index contributed by atoms with van der Waals surface area (Å²) < 4.78 is 3.13. The number of imidazole rings is 1. The summed E-state index contributed by atoms with van der Waals surface area (Å²) in [7, 11) is 0. The lowest BCUT2D eigenvalue weighted by molar-refractivity contribution is 0.243. The molecule has 0 bridgehead atoms. The average molecular weight is 212 g/mol. The van der Waals surface area contributed by atoms with Crippen molar-refractivity contribution in [3.8, 4) is 0 Å². The zero-order valence-corrected chi connectivity index (χ0v) is 10.4. The van der Waals surface area contributed by atoms with E-state index in [0.717, 1.165) is 24.0 Å². The van der Waals surface area contributed by atoms with E-state index >= 15 is 0 Å². The van der Waals surface area contributed by atoms with Gasteiger partial charge in [0.25, 0.3) is 0 Å². The molecule has 14 heavy (non-hydrogen) atoms. The molecule has 0 fully saturated rings. The molecule has 0 aromatic carbocycles. The Balaban J connectivity index is 3.30. The Morgan fingerprint density at radius 2 is 1.79 bits per heavy atom. The maximum absolute atomic E-state index is 5.33. The molecule has 1 heterocycles. The molecule has 1 aromatic heterocycles. The van der Waals surface area contributed by atoms with Gasteiger partial charge >= 0.3 is 0 Å². The number of nitrogens with zero attached hydrogens (tertiary/aromatic N) is 1. The highest BCUT2D eigenvalue weighted by molar-refractivity contribution is 7.71. The van der Waals surface area contributed by atoms with E-state index in [9.17, 15) is 0 Å². The summed E-state index contributed by atoms with van der Waals surface area (Å²) in [4.78, 5) is 3.12. The van der Waals surface area contributed by atoms with Gasteiger partial charge in [0.1, 0.15) is 0 Å². The van der Waals surface area contributed by atoms with Crippen LogP contribution in [0.25, 0.3) is 0 Å². The number of aromatic amines is 1. The standard InChI is InChI=1S/C11H20N2S/c1-5-11(6-2,7-3)13-9(4)8-12-10(13)14/h8H,5-7H2,1-4H3,(H,12,14). The molecule has 0 radical (unpaired) electrons. The Labute approximate surface area is 91.3 Å². The molecule has 1 aromatic rings. The first-order valence-electron chi connectivity index (χ1n) is 5.38. The fourth-order valence-electron chi connectivity index (χ4n) is 2.27. The lowest BCUT2D eigenvalue weighted by Crippen LogP contribution is -2.32. The van der Waals surface area contributed by atoms with Crippen LogP contribution in [-0.4, -0.2) is 9.55 Å². The number of nitrogens with one attached hydrogen (secondary N) is 1. The number of hydrogen-bond donors (Lipinski definition) is 1. The van der Waals surface area contributed by atoms with Crippen LogP contribution < -0.4 is 0 Å². The number of rotatable bonds is 4. The van der Waals surface area contributed by atoms with Crippen molar-refractivity contribution in [1.82, 2.24) is 9.55 Å². The third-order valence-electron chi connectivity index (χ3n) is 3.41. The third-order valence-corrected chi connectivity index (χ3v) is 3.71. The Hall–Kier alpha value is -0.570. The molecule has 0 saturated carbocycles. The van der Waals surface area contributed by atoms with Gasteiger partial charge in [0, 0.05) is 17.4 Å². The lowest BCUT2D eigenvalue weighted by atomic mass is 9.89. The Morgan fingerprint density at radius 3 is 2.07 bits per heavy atom. The minimum atomic E-state index is 0.209. The summed E-state index contributed by atoms with van der Waals surface area (Å²) in [6, 6.07) is 0. The SMILES string of the molecule is CCC(CC)(CC)n1c(C)c[nH]c1=S. The van der Waals surface area contributed by atoms with E-state index in [0.29, 0.717) is 0 Å². The topological polar surface area (TPSA) is 20.7 Å². The summed E-state index contributed by atoms with van der Waals surface area (Å²) in [6.07, 6.45) is 5.39.